The number of nitrogens with one attached hydrogen (secondary N) is 1. The van der Waals surface area contributed by atoms with E-state index in [-0.39, 0.29) is 7.43 Å². The number of H-pyrrole nitrogens is 1. The Hall–Kier alpha value is -3.97. The zero-order chi connectivity index (χ0) is 26.2. The number of fused-ring (bicyclic) bond motifs is 1. The Morgan fingerprint density at radius 1 is 1.00 bits per heavy atom. The van der Waals surface area contributed by atoms with E-state index in [1.54, 1.807) is 17.5 Å². The molecule has 2 aromatic carbocycles. The molecule has 5 aromatic rings. The SMILES string of the molecule is C.CC.CCc1csc(-c2cc3c(C(=O)OC)cnc(N(Cc4ccccc4)Cc4ccccc4)c3[nH]2)n1. The number of aromatic nitrogens is 3. The van der Waals surface area contributed by atoms with Crippen molar-refractivity contribution >= 4 is 34.0 Å². The second-order valence-electron chi connectivity index (χ2n) is 8.28. The highest BCUT2D eigenvalue weighted by Gasteiger charge is 2.22. The fourth-order valence-electron chi connectivity index (χ4n) is 4.14. The van der Waals surface area contributed by atoms with Crippen molar-refractivity contribution in [2.75, 3.05) is 12.0 Å². The van der Waals surface area contributed by atoms with E-state index in [0.29, 0.717) is 18.7 Å². The van der Waals surface area contributed by atoms with Crippen LogP contribution in [-0.4, -0.2) is 28.0 Å². The van der Waals surface area contributed by atoms with Crippen LogP contribution in [-0.2, 0) is 24.2 Å². The van der Waals surface area contributed by atoms with Crippen molar-refractivity contribution in [2.24, 2.45) is 0 Å². The maximum Gasteiger partial charge on any atom is 0.340 e. The normalized spacial score (nSPS) is 10.3. The van der Waals surface area contributed by atoms with Crippen molar-refractivity contribution in [3.63, 3.8) is 0 Å². The minimum Gasteiger partial charge on any atom is -0.465 e. The summed E-state index contributed by atoms with van der Waals surface area (Å²) in [6.45, 7) is 7.43. The number of hydrogen-bond donors (Lipinski definition) is 1. The molecule has 6 nitrogen and oxygen atoms in total. The predicted molar refractivity (Wildman–Crippen MR) is 159 cm³/mol. The van der Waals surface area contributed by atoms with Crippen LogP contribution in [0.3, 0.4) is 0 Å². The first-order valence-electron chi connectivity index (χ1n) is 12.5. The maximum atomic E-state index is 12.6. The van der Waals surface area contributed by atoms with Gasteiger partial charge in [-0.25, -0.2) is 14.8 Å². The summed E-state index contributed by atoms with van der Waals surface area (Å²) in [5, 5.41) is 3.73. The molecule has 0 bridgehead atoms. The molecule has 198 valence electrons. The van der Waals surface area contributed by atoms with Gasteiger partial charge in [0.05, 0.1) is 29.6 Å². The van der Waals surface area contributed by atoms with E-state index in [0.717, 1.165) is 39.5 Å². The van der Waals surface area contributed by atoms with Crippen LogP contribution >= 0.6 is 11.3 Å². The fraction of sp³-hybridized carbons (Fsp3) is 0.258. The van der Waals surface area contributed by atoms with Crippen molar-refractivity contribution in [3.8, 4) is 10.7 Å². The first-order valence-corrected chi connectivity index (χ1v) is 13.4. The number of esters is 1. The van der Waals surface area contributed by atoms with Crippen molar-refractivity contribution in [1.29, 1.82) is 0 Å². The Labute approximate surface area is 229 Å². The number of carbonyl (C=O) groups excluding carboxylic acids is 1. The molecule has 0 spiro atoms. The summed E-state index contributed by atoms with van der Waals surface area (Å²) in [6, 6.07) is 22.6. The monoisotopic (exact) mass is 528 g/mol. The number of hydrogen-bond acceptors (Lipinski definition) is 6. The summed E-state index contributed by atoms with van der Waals surface area (Å²) in [4.78, 5) is 27.8. The van der Waals surface area contributed by atoms with Gasteiger partial charge in [0.15, 0.2) is 5.82 Å². The van der Waals surface area contributed by atoms with Gasteiger partial charge in [-0.15, -0.1) is 11.3 Å². The van der Waals surface area contributed by atoms with E-state index in [2.05, 4.69) is 46.5 Å². The molecule has 0 unspecified atom stereocenters. The molecular weight excluding hydrogens is 492 g/mol. The van der Waals surface area contributed by atoms with Crippen LogP contribution in [0, 0.1) is 0 Å². The van der Waals surface area contributed by atoms with E-state index >= 15 is 0 Å². The molecule has 3 aromatic heterocycles. The zero-order valence-corrected chi connectivity index (χ0v) is 22.5. The molecule has 0 aliphatic rings. The summed E-state index contributed by atoms with van der Waals surface area (Å²) in [6.07, 6.45) is 2.49. The van der Waals surface area contributed by atoms with E-state index in [1.807, 2.05) is 56.3 Å². The third kappa shape index (κ3) is 6.29. The van der Waals surface area contributed by atoms with Gasteiger partial charge in [0, 0.05) is 30.1 Å². The third-order valence-electron chi connectivity index (χ3n) is 5.93. The summed E-state index contributed by atoms with van der Waals surface area (Å²) in [5.41, 5.74) is 5.49. The number of pyridine rings is 1. The lowest BCUT2D eigenvalue weighted by Gasteiger charge is -2.25. The maximum absolute atomic E-state index is 12.6. The van der Waals surface area contributed by atoms with Crippen LogP contribution < -0.4 is 4.90 Å². The van der Waals surface area contributed by atoms with Crippen LogP contribution in [0.15, 0.2) is 78.3 Å². The number of anilines is 1. The van der Waals surface area contributed by atoms with Crippen molar-refractivity contribution in [3.05, 3.63) is 101 Å². The van der Waals surface area contributed by atoms with Gasteiger partial charge in [-0.1, -0.05) is 88.9 Å². The van der Waals surface area contributed by atoms with Crippen LogP contribution in [0.5, 0.6) is 0 Å². The molecule has 5 rings (SSSR count). The van der Waals surface area contributed by atoms with Gasteiger partial charge < -0.3 is 14.6 Å². The van der Waals surface area contributed by atoms with E-state index in [1.165, 1.54) is 18.2 Å². The number of ether oxygens (including phenoxy) is 1. The van der Waals surface area contributed by atoms with Gasteiger partial charge in [-0.3, -0.25) is 0 Å². The van der Waals surface area contributed by atoms with Gasteiger partial charge in [-0.05, 0) is 23.6 Å². The lowest BCUT2D eigenvalue weighted by Crippen LogP contribution is -2.24. The Kier molecular flexibility index (Phi) is 10.2. The number of rotatable bonds is 8. The molecule has 38 heavy (non-hydrogen) atoms. The summed E-state index contributed by atoms with van der Waals surface area (Å²) < 4.78 is 5.05. The van der Waals surface area contributed by atoms with Crippen molar-refractivity contribution in [1.82, 2.24) is 15.0 Å². The lowest BCUT2D eigenvalue weighted by atomic mass is 10.1. The molecule has 0 aliphatic carbocycles. The fourth-order valence-corrected chi connectivity index (χ4v) is 5.01. The molecule has 0 amide bonds. The van der Waals surface area contributed by atoms with Crippen LogP contribution in [0.4, 0.5) is 5.82 Å². The Bertz CT molecular complexity index is 1400. The van der Waals surface area contributed by atoms with E-state index in [4.69, 9.17) is 14.7 Å². The molecule has 1 N–H and O–H groups in total. The largest absolute Gasteiger partial charge is 0.465 e. The second kappa shape index (κ2) is 13.5. The summed E-state index contributed by atoms with van der Waals surface area (Å²) in [5.74, 6) is 0.365. The molecule has 0 fully saturated rings. The Morgan fingerprint density at radius 2 is 1.61 bits per heavy atom. The summed E-state index contributed by atoms with van der Waals surface area (Å²) >= 11 is 1.59. The minimum absolute atomic E-state index is 0. The van der Waals surface area contributed by atoms with Gasteiger partial charge in [0.1, 0.15) is 5.01 Å². The first kappa shape index (κ1) is 28.6. The molecule has 0 saturated carbocycles. The molecule has 0 aliphatic heterocycles. The second-order valence-corrected chi connectivity index (χ2v) is 9.14. The predicted octanol–water partition coefficient (Wildman–Crippen LogP) is 7.90. The highest BCUT2D eigenvalue weighted by Crippen LogP contribution is 2.34. The number of aromatic amines is 1. The van der Waals surface area contributed by atoms with Gasteiger partial charge in [0.2, 0.25) is 0 Å². The topological polar surface area (TPSA) is 71.1 Å². The minimum atomic E-state index is -0.411. The van der Waals surface area contributed by atoms with Crippen LogP contribution in [0.25, 0.3) is 21.6 Å². The molecule has 7 heteroatoms. The molecule has 0 saturated heterocycles. The number of benzene rings is 2. The highest BCUT2D eigenvalue weighted by atomic mass is 32.1. The van der Waals surface area contributed by atoms with Crippen molar-refractivity contribution < 1.29 is 9.53 Å². The van der Waals surface area contributed by atoms with Crippen molar-refractivity contribution in [2.45, 2.75) is 47.7 Å². The van der Waals surface area contributed by atoms with Gasteiger partial charge in [-0.2, -0.15) is 0 Å². The Balaban J connectivity index is 0.00000130. The number of aryl methyl sites for hydroxylation is 1. The smallest absolute Gasteiger partial charge is 0.340 e. The molecule has 3 heterocycles. The molecule has 0 radical (unpaired) electrons. The number of nitrogens with zero attached hydrogens (tertiary/aromatic N) is 3. The number of thiazole rings is 1. The van der Waals surface area contributed by atoms with Crippen LogP contribution in [0.1, 0.15) is 55.4 Å². The number of carbonyl (C=O) groups is 1. The number of methoxy groups -OCH3 is 1. The molecular formula is C31H36N4O2S. The van der Waals surface area contributed by atoms with Crippen LogP contribution in [0.2, 0.25) is 0 Å². The first-order chi connectivity index (χ1) is 18.2. The quantitative estimate of drug-likeness (QED) is 0.207. The average Bonchev–Trinajstić information content (AvgIpc) is 3.62. The highest BCUT2D eigenvalue weighted by molar-refractivity contribution is 7.13. The van der Waals surface area contributed by atoms with E-state index < -0.39 is 5.97 Å². The zero-order valence-electron chi connectivity index (χ0n) is 21.7. The Morgan fingerprint density at radius 3 is 2.13 bits per heavy atom. The van der Waals surface area contributed by atoms with Gasteiger partial charge >= 0.3 is 5.97 Å². The third-order valence-corrected chi connectivity index (χ3v) is 6.85. The standard InChI is InChI=1S/C28H26N4O2S.C2H6.CH4/c1-3-21-18-35-27(30-21)24-14-22-23(28(33)34-2)15-29-26(25(22)31-24)32(16-19-10-6-4-7-11-19)17-20-12-8-5-9-13-20;1-2;/h4-15,18,31H,3,16-17H2,1-2H3;1-2H3;1H4. The van der Waals surface area contributed by atoms with Gasteiger partial charge in [0.25, 0.3) is 0 Å². The summed E-state index contributed by atoms with van der Waals surface area (Å²) in [7, 11) is 1.39. The molecule has 0 atom stereocenters. The average molecular weight is 529 g/mol. The van der Waals surface area contributed by atoms with E-state index in [9.17, 15) is 4.79 Å². The lowest BCUT2D eigenvalue weighted by molar-refractivity contribution is 0.0602.